The first kappa shape index (κ1) is 30.9. The number of hydrogen-bond donors (Lipinski definition) is 3. The van der Waals surface area contributed by atoms with Crippen LogP contribution in [0.25, 0.3) is 22.2 Å². The second kappa shape index (κ2) is 14.7. The van der Waals surface area contributed by atoms with Crippen molar-refractivity contribution in [2.45, 2.75) is 55.7 Å². The molecule has 1 amide bonds. The van der Waals surface area contributed by atoms with E-state index in [9.17, 15) is 9.18 Å². The zero-order valence-electron chi connectivity index (χ0n) is 24.7. The summed E-state index contributed by atoms with van der Waals surface area (Å²) in [4.78, 5) is 27.4. The summed E-state index contributed by atoms with van der Waals surface area (Å²) in [6.07, 6.45) is 4.23. The minimum atomic E-state index is -1.24. The summed E-state index contributed by atoms with van der Waals surface area (Å²) in [5.41, 5.74) is 7.54. The third-order valence-corrected chi connectivity index (χ3v) is 9.77. The normalized spacial score (nSPS) is 12.1. The molecule has 2 heterocycles. The van der Waals surface area contributed by atoms with Crippen LogP contribution in [0.3, 0.4) is 0 Å². The quantitative estimate of drug-likeness (QED) is 0.109. The number of rotatable bonds is 13. The van der Waals surface area contributed by atoms with E-state index in [2.05, 4.69) is 55.7 Å². The summed E-state index contributed by atoms with van der Waals surface area (Å²) in [5.74, 6) is -0.0125. The number of carbonyl (C=O) groups is 1. The summed E-state index contributed by atoms with van der Waals surface area (Å²) in [5, 5.41) is 7.49. The number of benzene rings is 2. The SMILES string of the molecule is CCc1c(C(C)CC)cc(CCNC(=O)c2cc(NCC[NH][Sb]([CH3])[CH3])c3ncccc3c2)nc1-c1ccc(F)cc1. The smallest absolute Gasteiger partial charge is 0.123 e. The number of carbonyl (C=O) groups excluding carboxylic acids is 1. The monoisotopic (exact) mass is 663 g/mol. The summed E-state index contributed by atoms with van der Waals surface area (Å²) in [6, 6.07) is 16.4. The molecule has 0 aliphatic rings. The van der Waals surface area contributed by atoms with Crippen molar-refractivity contribution in [3.63, 3.8) is 0 Å². The standard InChI is InChI=1S/C31H35FN5O.2CH3.Sb/c1-4-20(3)27-19-25(37-29(26(27)5-2)21-8-10-24(32)11-9-21)12-15-36-31(38)23-17-22-7-6-14-35-30(22)28(18-23)34-16-13-33;;;/h6-11,14,17-20,33-34H,4-5,12-13,15-16H2,1-3H3,(H,36,38);2*1H3;/q-1;;;+1. The minimum absolute atomic E-state index is 0.125. The van der Waals surface area contributed by atoms with Crippen LogP contribution in [-0.2, 0) is 12.8 Å². The maximum absolute atomic E-state index is 13.7. The van der Waals surface area contributed by atoms with Crippen LogP contribution in [0.1, 0.15) is 60.3 Å². The first-order valence-corrected chi connectivity index (χ1v) is 20.8. The van der Waals surface area contributed by atoms with Gasteiger partial charge in [-0.2, -0.15) is 0 Å². The predicted octanol–water partition coefficient (Wildman–Crippen LogP) is 6.74. The van der Waals surface area contributed by atoms with Gasteiger partial charge in [-0.1, -0.05) is 20.8 Å². The summed E-state index contributed by atoms with van der Waals surface area (Å²) in [6.45, 7) is 8.68. The first-order valence-electron chi connectivity index (χ1n) is 14.4. The van der Waals surface area contributed by atoms with E-state index >= 15 is 0 Å². The molecule has 0 saturated carbocycles. The number of amides is 1. The average Bonchev–Trinajstić information content (AvgIpc) is 2.98. The molecule has 4 rings (SSSR count). The fourth-order valence-corrected chi connectivity index (χ4v) is 6.59. The molecule has 0 fully saturated rings. The van der Waals surface area contributed by atoms with E-state index in [1.807, 2.05) is 24.3 Å². The van der Waals surface area contributed by atoms with Gasteiger partial charge in [0.1, 0.15) is 5.82 Å². The molecule has 0 saturated heterocycles. The molecule has 0 radical (unpaired) electrons. The number of nitrogens with zero attached hydrogens (tertiary/aromatic N) is 2. The summed E-state index contributed by atoms with van der Waals surface area (Å²) >= 11 is -1.24. The number of hydrogen-bond acceptors (Lipinski definition) is 5. The fourth-order valence-electron chi connectivity index (χ4n) is 4.99. The maximum Gasteiger partial charge on any atom is 0.123 e. The molecule has 2 aromatic heterocycles. The molecule has 0 aliphatic carbocycles. The minimum Gasteiger partial charge on any atom is -0.252 e. The van der Waals surface area contributed by atoms with Crippen molar-refractivity contribution in [1.82, 2.24) is 18.8 Å². The first-order chi connectivity index (χ1) is 19.8. The molecule has 2 aromatic carbocycles. The number of pyridine rings is 2. The van der Waals surface area contributed by atoms with E-state index in [1.165, 1.54) is 23.3 Å². The van der Waals surface area contributed by atoms with Gasteiger partial charge in [-0.3, -0.25) is 4.98 Å². The van der Waals surface area contributed by atoms with E-state index in [4.69, 9.17) is 4.98 Å². The number of aromatic nitrogens is 2. The molecule has 0 aliphatic heterocycles. The second-order valence-corrected chi connectivity index (χ2v) is 16.5. The van der Waals surface area contributed by atoms with Gasteiger partial charge in [0, 0.05) is 5.56 Å². The Bertz CT molecular complexity index is 1470. The van der Waals surface area contributed by atoms with Crippen molar-refractivity contribution in [3.8, 4) is 11.3 Å². The largest absolute Gasteiger partial charge is 0.252 e. The number of halogens is 1. The van der Waals surface area contributed by atoms with Gasteiger partial charge in [0.2, 0.25) is 0 Å². The second-order valence-electron chi connectivity index (χ2n) is 10.5. The predicted molar refractivity (Wildman–Crippen MR) is 169 cm³/mol. The van der Waals surface area contributed by atoms with Gasteiger partial charge in [0.15, 0.2) is 0 Å². The maximum atomic E-state index is 13.7. The molecule has 0 spiro atoms. The molecule has 6 nitrogen and oxygen atoms in total. The average molecular weight is 664 g/mol. The van der Waals surface area contributed by atoms with Gasteiger partial charge in [-0.05, 0) is 60.2 Å². The van der Waals surface area contributed by atoms with Crippen LogP contribution in [0.15, 0.2) is 60.8 Å². The van der Waals surface area contributed by atoms with Gasteiger partial charge in [0.25, 0.3) is 0 Å². The summed E-state index contributed by atoms with van der Waals surface area (Å²) < 4.78 is 17.2. The molecule has 8 heteroatoms. The van der Waals surface area contributed by atoms with Crippen LogP contribution in [0.5, 0.6) is 0 Å². The Morgan fingerprint density at radius 2 is 1.80 bits per heavy atom. The topological polar surface area (TPSA) is 78.9 Å². The molecule has 216 valence electrons. The Kier molecular flexibility index (Phi) is 11.1. The Labute approximate surface area is 250 Å². The number of fused-ring (bicyclic) bond motifs is 1. The van der Waals surface area contributed by atoms with Gasteiger partial charge in [0.05, 0.1) is 5.69 Å². The Morgan fingerprint density at radius 3 is 2.51 bits per heavy atom. The molecule has 1 atom stereocenters. The molecule has 3 N–H and O–H groups in total. The van der Waals surface area contributed by atoms with E-state index in [0.29, 0.717) is 24.4 Å². The zero-order chi connectivity index (χ0) is 29.4. The summed E-state index contributed by atoms with van der Waals surface area (Å²) in [7, 11) is 0. The molecule has 0 bridgehead atoms. The van der Waals surface area contributed by atoms with E-state index in [1.54, 1.807) is 18.3 Å². The van der Waals surface area contributed by atoms with Crippen LogP contribution in [-0.4, -0.2) is 56.0 Å². The van der Waals surface area contributed by atoms with Crippen LogP contribution in [0, 0.1) is 5.82 Å². The van der Waals surface area contributed by atoms with Crippen LogP contribution in [0.4, 0.5) is 10.1 Å². The fraction of sp³-hybridized carbons (Fsp3) is 0.364. The van der Waals surface area contributed by atoms with Crippen molar-refractivity contribution in [2.24, 2.45) is 0 Å². The number of anilines is 1. The van der Waals surface area contributed by atoms with Crippen molar-refractivity contribution in [1.29, 1.82) is 0 Å². The van der Waals surface area contributed by atoms with Crippen molar-refractivity contribution in [3.05, 3.63) is 89.0 Å². The van der Waals surface area contributed by atoms with Crippen molar-refractivity contribution >= 4 is 43.0 Å². The van der Waals surface area contributed by atoms with E-state index < -0.39 is 20.5 Å². The van der Waals surface area contributed by atoms with Crippen molar-refractivity contribution in [2.75, 3.05) is 25.0 Å². The van der Waals surface area contributed by atoms with E-state index in [-0.39, 0.29) is 11.7 Å². The zero-order valence-corrected chi connectivity index (χ0v) is 27.3. The van der Waals surface area contributed by atoms with Gasteiger partial charge in [-0.25, -0.2) is 4.39 Å². The van der Waals surface area contributed by atoms with Gasteiger partial charge >= 0.3 is 144 Å². The van der Waals surface area contributed by atoms with Crippen molar-refractivity contribution < 1.29 is 9.18 Å². The third-order valence-electron chi connectivity index (χ3n) is 7.33. The van der Waals surface area contributed by atoms with Crippen LogP contribution < -0.4 is 14.1 Å². The third kappa shape index (κ3) is 8.05. The van der Waals surface area contributed by atoms with Gasteiger partial charge in [-0.15, -0.1) is 0 Å². The molecule has 4 aromatic rings. The Hall–Kier alpha value is -3.02. The molecule has 1 unspecified atom stereocenters. The Morgan fingerprint density at radius 1 is 1.02 bits per heavy atom. The molecular formula is C33H41FN5OSb. The van der Waals surface area contributed by atoms with Crippen LogP contribution >= 0.6 is 0 Å². The van der Waals surface area contributed by atoms with E-state index in [0.717, 1.165) is 59.5 Å². The molecule has 41 heavy (non-hydrogen) atoms. The molecular weight excluding hydrogens is 623 g/mol. The Balaban J connectivity index is 1.53. The number of nitrogens with one attached hydrogen (secondary N) is 3. The van der Waals surface area contributed by atoms with Gasteiger partial charge < -0.3 is 0 Å². The van der Waals surface area contributed by atoms with Crippen LogP contribution in [0.2, 0.25) is 9.74 Å².